The van der Waals surface area contributed by atoms with Crippen LogP contribution in [0.25, 0.3) is 11.1 Å². The van der Waals surface area contributed by atoms with Crippen LogP contribution in [0.4, 0.5) is 0 Å². The number of aliphatic hydroxyl groups excluding tert-OH is 1. The van der Waals surface area contributed by atoms with Crippen molar-refractivity contribution in [3.05, 3.63) is 70.7 Å². The van der Waals surface area contributed by atoms with E-state index in [2.05, 4.69) is 5.32 Å². The third-order valence-corrected chi connectivity index (χ3v) is 3.61. The summed E-state index contributed by atoms with van der Waals surface area (Å²) < 4.78 is 6.77. The van der Waals surface area contributed by atoms with Crippen molar-refractivity contribution < 1.29 is 9.52 Å². The quantitative estimate of drug-likeness (QED) is 0.682. The second kappa shape index (κ2) is 6.60. The third-order valence-electron chi connectivity index (χ3n) is 3.61. The maximum absolute atomic E-state index is 11.8. The summed E-state index contributed by atoms with van der Waals surface area (Å²) in [6, 6.07) is 16.8. The molecular formula is C17H18N2O3. The number of nitrogens with one attached hydrogen (secondary N) is 1. The lowest BCUT2D eigenvalue weighted by molar-refractivity contribution is 0.174. The van der Waals surface area contributed by atoms with Crippen LogP contribution >= 0.6 is 0 Å². The summed E-state index contributed by atoms with van der Waals surface area (Å²) in [6.45, 7) is 1.51. The van der Waals surface area contributed by atoms with Crippen molar-refractivity contribution in [3.63, 3.8) is 0 Å². The van der Waals surface area contributed by atoms with Crippen molar-refractivity contribution in [2.45, 2.75) is 12.6 Å². The van der Waals surface area contributed by atoms with Crippen LogP contribution in [0.3, 0.4) is 0 Å². The number of rotatable bonds is 6. The third kappa shape index (κ3) is 3.10. The molecule has 0 saturated heterocycles. The number of aliphatic hydroxyl groups is 1. The number of benzene rings is 2. The van der Waals surface area contributed by atoms with Crippen molar-refractivity contribution in [1.82, 2.24) is 9.88 Å². The second-order valence-electron chi connectivity index (χ2n) is 5.12. The molecule has 5 heteroatoms. The van der Waals surface area contributed by atoms with Crippen LogP contribution in [0, 0.1) is 0 Å². The highest BCUT2D eigenvalue weighted by atomic mass is 16.4. The molecule has 2 aromatic carbocycles. The van der Waals surface area contributed by atoms with Crippen LogP contribution in [0.15, 0.2) is 63.8 Å². The van der Waals surface area contributed by atoms with Gasteiger partial charge in [0.15, 0.2) is 5.58 Å². The van der Waals surface area contributed by atoms with Gasteiger partial charge in [0.25, 0.3) is 0 Å². The van der Waals surface area contributed by atoms with E-state index in [1.165, 1.54) is 0 Å². The molecule has 1 unspecified atom stereocenters. The van der Waals surface area contributed by atoms with Crippen molar-refractivity contribution in [2.75, 3.05) is 13.1 Å². The minimum absolute atomic E-state index is 0.355. The molecule has 0 aliphatic carbocycles. The van der Waals surface area contributed by atoms with Crippen LogP contribution in [0.5, 0.6) is 0 Å². The smallest absolute Gasteiger partial charge is 0.408 e. The van der Waals surface area contributed by atoms with Gasteiger partial charge >= 0.3 is 5.76 Å². The maximum atomic E-state index is 11.8. The zero-order valence-corrected chi connectivity index (χ0v) is 12.1. The number of oxazole rings is 1. The summed E-state index contributed by atoms with van der Waals surface area (Å²) >= 11 is 0. The Labute approximate surface area is 127 Å². The average Bonchev–Trinajstić information content (AvgIpc) is 2.88. The largest absolute Gasteiger partial charge is 0.419 e. The van der Waals surface area contributed by atoms with Gasteiger partial charge in [-0.05, 0) is 17.7 Å². The highest BCUT2D eigenvalue weighted by molar-refractivity contribution is 5.72. The molecule has 0 aliphatic heterocycles. The van der Waals surface area contributed by atoms with Crippen LogP contribution in [-0.2, 0) is 6.54 Å². The van der Waals surface area contributed by atoms with Gasteiger partial charge in [-0.3, -0.25) is 4.57 Å². The normalized spacial score (nSPS) is 12.6. The lowest BCUT2D eigenvalue weighted by Gasteiger charge is -2.12. The molecule has 114 valence electrons. The minimum atomic E-state index is -0.556. The number of fused-ring (bicyclic) bond motifs is 1. The van der Waals surface area contributed by atoms with Gasteiger partial charge < -0.3 is 14.8 Å². The van der Waals surface area contributed by atoms with E-state index in [1.54, 1.807) is 10.6 Å². The maximum Gasteiger partial charge on any atom is 0.419 e. The Morgan fingerprint density at radius 2 is 1.82 bits per heavy atom. The summed E-state index contributed by atoms with van der Waals surface area (Å²) in [5.74, 6) is -0.355. The highest BCUT2D eigenvalue weighted by Gasteiger charge is 2.09. The summed E-state index contributed by atoms with van der Waals surface area (Å²) in [6.07, 6.45) is -0.556. The second-order valence-corrected chi connectivity index (χ2v) is 5.12. The minimum Gasteiger partial charge on any atom is -0.408 e. The summed E-state index contributed by atoms with van der Waals surface area (Å²) in [5.41, 5.74) is 2.26. The molecule has 0 amide bonds. The molecule has 0 fully saturated rings. The number of hydrogen-bond donors (Lipinski definition) is 2. The zero-order valence-electron chi connectivity index (χ0n) is 12.1. The van der Waals surface area contributed by atoms with E-state index in [0.29, 0.717) is 25.2 Å². The first kappa shape index (κ1) is 14.6. The van der Waals surface area contributed by atoms with E-state index < -0.39 is 6.10 Å². The van der Waals surface area contributed by atoms with Crippen LogP contribution < -0.4 is 11.1 Å². The van der Waals surface area contributed by atoms with Crippen molar-refractivity contribution in [1.29, 1.82) is 0 Å². The fourth-order valence-corrected chi connectivity index (χ4v) is 2.45. The number of para-hydroxylation sites is 2. The van der Waals surface area contributed by atoms with E-state index in [-0.39, 0.29) is 5.76 Å². The van der Waals surface area contributed by atoms with Gasteiger partial charge in [0.2, 0.25) is 0 Å². The van der Waals surface area contributed by atoms with Gasteiger partial charge in [-0.1, -0.05) is 42.5 Å². The first-order valence-electron chi connectivity index (χ1n) is 7.28. The lowest BCUT2D eigenvalue weighted by Crippen LogP contribution is -2.28. The molecule has 1 aromatic heterocycles. The molecular weight excluding hydrogens is 280 g/mol. The Morgan fingerprint density at radius 3 is 2.64 bits per heavy atom. The fourth-order valence-electron chi connectivity index (χ4n) is 2.45. The molecule has 3 rings (SSSR count). The molecule has 0 saturated carbocycles. The molecule has 1 atom stereocenters. The average molecular weight is 298 g/mol. The van der Waals surface area contributed by atoms with E-state index in [1.807, 2.05) is 48.5 Å². The summed E-state index contributed by atoms with van der Waals surface area (Å²) in [7, 11) is 0. The molecule has 3 aromatic rings. The van der Waals surface area contributed by atoms with Gasteiger partial charge in [-0.15, -0.1) is 0 Å². The van der Waals surface area contributed by atoms with Gasteiger partial charge in [-0.2, -0.15) is 0 Å². The molecule has 2 N–H and O–H groups in total. The van der Waals surface area contributed by atoms with Gasteiger partial charge in [-0.25, -0.2) is 4.79 Å². The Morgan fingerprint density at radius 1 is 1.09 bits per heavy atom. The highest BCUT2D eigenvalue weighted by Crippen LogP contribution is 2.12. The van der Waals surface area contributed by atoms with Gasteiger partial charge in [0.05, 0.1) is 11.6 Å². The molecule has 0 bridgehead atoms. The predicted octanol–water partition coefficient (Wildman–Crippen LogP) is 1.92. The Bertz CT molecular complexity index is 792. The Balaban J connectivity index is 1.57. The fraction of sp³-hybridized carbons (Fsp3) is 0.235. The Kier molecular flexibility index (Phi) is 4.37. The molecule has 0 radical (unpaired) electrons. The van der Waals surface area contributed by atoms with E-state index in [9.17, 15) is 9.90 Å². The van der Waals surface area contributed by atoms with Crippen LogP contribution in [0.1, 0.15) is 11.7 Å². The topological polar surface area (TPSA) is 67.4 Å². The molecule has 5 nitrogen and oxygen atoms in total. The molecule has 22 heavy (non-hydrogen) atoms. The first-order valence-corrected chi connectivity index (χ1v) is 7.28. The number of nitrogens with zero attached hydrogens (tertiary/aromatic N) is 1. The van der Waals surface area contributed by atoms with Gasteiger partial charge in [0.1, 0.15) is 0 Å². The SMILES string of the molecule is O=c1oc2ccccc2n1CCNCC(O)c1ccccc1. The summed E-state index contributed by atoms with van der Waals surface area (Å²) in [5, 5.41) is 13.2. The first-order chi connectivity index (χ1) is 10.8. The zero-order chi connectivity index (χ0) is 15.4. The predicted molar refractivity (Wildman–Crippen MR) is 84.7 cm³/mol. The van der Waals surface area contributed by atoms with Crippen molar-refractivity contribution in [3.8, 4) is 0 Å². The van der Waals surface area contributed by atoms with Crippen LogP contribution in [-0.4, -0.2) is 22.8 Å². The lowest BCUT2D eigenvalue weighted by atomic mass is 10.1. The standard InChI is InChI=1S/C17H18N2O3/c20-15(13-6-2-1-3-7-13)12-18-10-11-19-14-8-4-5-9-16(14)22-17(19)21/h1-9,15,18,20H,10-12H2. The number of aromatic nitrogens is 1. The van der Waals surface area contributed by atoms with Crippen molar-refractivity contribution in [2.24, 2.45) is 0 Å². The van der Waals surface area contributed by atoms with Crippen molar-refractivity contribution >= 4 is 11.1 Å². The van der Waals surface area contributed by atoms with E-state index in [0.717, 1.165) is 11.1 Å². The molecule has 0 aliphatic rings. The molecule has 1 heterocycles. The Hall–Kier alpha value is -2.37. The van der Waals surface area contributed by atoms with Crippen LogP contribution in [0.2, 0.25) is 0 Å². The molecule has 0 spiro atoms. The van der Waals surface area contributed by atoms with E-state index >= 15 is 0 Å². The van der Waals surface area contributed by atoms with E-state index in [4.69, 9.17) is 4.42 Å². The van der Waals surface area contributed by atoms with Gasteiger partial charge in [0, 0.05) is 19.6 Å². The summed E-state index contributed by atoms with van der Waals surface area (Å²) in [4.78, 5) is 11.8. The monoisotopic (exact) mass is 298 g/mol. The number of hydrogen-bond acceptors (Lipinski definition) is 4.